The first-order valence-corrected chi connectivity index (χ1v) is 11.5. The quantitative estimate of drug-likeness (QED) is 0.357. The van der Waals surface area contributed by atoms with Crippen molar-refractivity contribution >= 4 is 11.6 Å². The highest BCUT2D eigenvalue weighted by molar-refractivity contribution is 5.91. The highest BCUT2D eigenvalue weighted by Crippen LogP contribution is 2.39. The summed E-state index contributed by atoms with van der Waals surface area (Å²) >= 11 is 0. The largest absolute Gasteiger partial charge is 0.494 e. The van der Waals surface area contributed by atoms with Crippen LogP contribution in [0.2, 0.25) is 0 Å². The van der Waals surface area contributed by atoms with Crippen LogP contribution in [-0.4, -0.2) is 52.2 Å². The van der Waals surface area contributed by atoms with Gasteiger partial charge in [0.2, 0.25) is 0 Å². The standard InChI is InChI=1S/C24H22FN9O2/c1-36-21-6-5-20(34-14-26-13-28-34)18(23(21)25)8-27-24(35)19-12-33(31-30-19)11-17-10-32-9-16(15-2-3-15)4-7-22(32)29-17/h4-7,9-10,12-15H,2-3,8,11H2,1H3,(H,27,35). The summed E-state index contributed by atoms with van der Waals surface area (Å²) in [4.78, 5) is 21.3. The smallest absolute Gasteiger partial charge is 0.273 e. The molecule has 0 atom stereocenters. The second-order valence-electron chi connectivity index (χ2n) is 8.64. The summed E-state index contributed by atoms with van der Waals surface area (Å²) in [5, 5.41) is 14.8. The van der Waals surface area contributed by atoms with Crippen molar-refractivity contribution in [2.45, 2.75) is 31.8 Å². The monoisotopic (exact) mass is 487 g/mol. The van der Waals surface area contributed by atoms with Crippen molar-refractivity contribution in [3.05, 3.63) is 83.8 Å². The number of nitrogens with one attached hydrogen (secondary N) is 1. The Bertz CT molecular complexity index is 1550. The van der Waals surface area contributed by atoms with Crippen molar-refractivity contribution < 1.29 is 13.9 Å². The van der Waals surface area contributed by atoms with Crippen LogP contribution >= 0.6 is 0 Å². The molecule has 1 fully saturated rings. The average molecular weight is 487 g/mol. The third-order valence-corrected chi connectivity index (χ3v) is 6.16. The van der Waals surface area contributed by atoms with E-state index in [0.29, 0.717) is 18.2 Å². The normalized spacial score (nSPS) is 13.3. The number of methoxy groups -OCH3 is 1. The summed E-state index contributed by atoms with van der Waals surface area (Å²) in [7, 11) is 1.38. The maximum Gasteiger partial charge on any atom is 0.273 e. The van der Waals surface area contributed by atoms with Crippen LogP contribution in [0.3, 0.4) is 0 Å². The summed E-state index contributed by atoms with van der Waals surface area (Å²) in [6, 6.07) is 7.29. The van der Waals surface area contributed by atoms with Crippen LogP contribution in [0.5, 0.6) is 5.75 Å². The number of carbonyl (C=O) groups is 1. The Morgan fingerprint density at radius 3 is 2.86 bits per heavy atom. The fourth-order valence-corrected chi connectivity index (χ4v) is 4.16. The predicted octanol–water partition coefficient (Wildman–Crippen LogP) is 2.51. The lowest BCUT2D eigenvalue weighted by atomic mass is 10.1. The molecule has 0 saturated heterocycles. The lowest BCUT2D eigenvalue weighted by molar-refractivity contribution is 0.0945. The van der Waals surface area contributed by atoms with Gasteiger partial charge in [-0.15, -0.1) is 5.10 Å². The molecule has 4 heterocycles. The van der Waals surface area contributed by atoms with Gasteiger partial charge in [0, 0.05) is 24.5 Å². The number of ether oxygens (including phenoxy) is 1. The SMILES string of the molecule is COc1ccc(-n2cncn2)c(CNC(=O)c2cn(Cc3cn4cc(C5CC5)ccc4n3)nn2)c1F. The van der Waals surface area contributed by atoms with Crippen molar-refractivity contribution in [2.75, 3.05) is 7.11 Å². The van der Waals surface area contributed by atoms with Crippen molar-refractivity contribution in [3.63, 3.8) is 0 Å². The molecule has 0 radical (unpaired) electrons. The maximum atomic E-state index is 15.0. The molecule has 1 aliphatic rings. The van der Waals surface area contributed by atoms with Gasteiger partial charge < -0.3 is 14.5 Å². The van der Waals surface area contributed by atoms with Crippen LogP contribution in [0, 0.1) is 5.82 Å². The molecule has 0 aliphatic heterocycles. The second-order valence-corrected chi connectivity index (χ2v) is 8.64. The molecule has 11 nitrogen and oxygen atoms in total. The highest BCUT2D eigenvalue weighted by Gasteiger charge is 2.24. The predicted molar refractivity (Wildman–Crippen MR) is 125 cm³/mol. The van der Waals surface area contributed by atoms with E-state index in [9.17, 15) is 4.79 Å². The van der Waals surface area contributed by atoms with Gasteiger partial charge in [0.05, 0.1) is 31.2 Å². The van der Waals surface area contributed by atoms with Gasteiger partial charge in [-0.2, -0.15) is 5.10 Å². The van der Waals surface area contributed by atoms with Gasteiger partial charge >= 0.3 is 0 Å². The summed E-state index contributed by atoms with van der Waals surface area (Å²) in [5.74, 6) is -0.358. The molecule has 12 heteroatoms. The molecular formula is C24H22FN9O2. The Labute approximate surface area is 204 Å². The van der Waals surface area contributed by atoms with Crippen LogP contribution in [0.4, 0.5) is 4.39 Å². The average Bonchev–Trinajstić information content (AvgIpc) is 3.24. The fourth-order valence-electron chi connectivity index (χ4n) is 4.16. The number of fused-ring (bicyclic) bond motifs is 1. The molecule has 0 bridgehead atoms. The summed E-state index contributed by atoms with van der Waals surface area (Å²) in [5.41, 5.74) is 3.74. The number of amides is 1. The van der Waals surface area contributed by atoms with Gasteiger partial charge in [-0.1, -0.05) is 11.3 Å². The molecule has 5 aromatic rings. The van der Waals surface area contributed by atoms with Gasteiger partial charge in [-0.3, -0.25) is 4.79 Å². The molecular weight excluding hydrogens is 465 g/mol. The van der Waals surface area contributed by atoms with E-state index in [1.807, 2.05) is 16.7 Å². The summed E-state index contributed by atoms with van der Waals surface area (Å²) in [6.45, 7) is 0.251. The van der Waals surface area contributed by atoms with Crippen molar-refractivity contribution in [2.24, 2.45) is 0 Å². The zero-order valence-corrected chi connectivity index (χ0v) is 19.4. The number of benzene rings is 1. The van der Waals surface area contributed by atoms with Gasteiger partial charge in [0.1, 0.15) is 18.3 Å². The highest BCUT2D eigenvalue weighted by atomic mass is 19.1. The van der Waals surface area contributed by atoms with Gasteiger partial charge in [-0.05, 0) is 42.5 Å². The van der Waals surface area contributed by atoms with Gasteiger partial charge in [0.15, 0.2) is 17.3 Å². The maximum absolute atomic E-state index is 15.0. The van der Waals surface area contributed by atoms with Crippen LogP contribution < -0.4 is 10.1 Å². The zero-order chi connectivity index (χ0) is 24.6. The Balaban J connectivity index is 1.16. The van der Waals surface area contributed by atoms with Crippen LogP contribution in [-0.2, 0) is 13.1 Å². The number of halogens is 1. The third-order valence-electron chi connectivity index (χ3n) is 6.16. The first-order valence-electron chi connectivity index (χ1n) is 11.5. The molecule has 6 rings (SSSR count). The van der Waals surface area contributed by atoms with Crippen molar-refractivity contribution in [1.29, 1.82) is 0 Å². The molecule has 1 aliphatic carbocycles. The summed E-state index contributed by atoms with van der Waals surface area (Å²) < 4.78 is 25.1. The molecule has 182 valence electrons. The van der Waals surface area contributed by atoms with Crippen LogP contribution in [0.15, 0.2) is 55.5 Å². The lowest BCUT2D eigenvalue weighted by Gasteiger charge is -2.13. The van der Waals surface area contributed by atoms with E-state index in [1.165, 1.54) is 55.1 Å². The topological polar surface area (TPSA) is 117 Å². The zero-order valence-electron chi connectivity index (χ0n) is 19.4. The molecule has 36 heavy (non-hydrogen) atoms. The number of imidazole rings is 1. The van der Waals surface area contributed by atoms with E-state index in [-0.39, 0.29) is 23.6 Å². The number of carbonyl (C=O) groups excluding carboxylic acids is 1. The van der Waals surface area contributed by atoms with Crippen molar-refractivity contribution in [1.82, 2.24) is 44.5 Å². The van der Waals surface area contributed by atoms with Crippen LogP contribution in [0.1, 0.15) is 46.1 Å². The minimum atomic E-state index is -0.592. The number of rotatable bonds is 8. The van der Waals surface area contributed by atoms with E-state index in [0.717, 1.165) is 11.3 Å². The first kappa shape index (κ1) is 21.9. The van der Waals surface area contributed by atoms with E-state index in [1.54, 1.807) is 10.7 Å². The molecule has 1 aromatic carbocycles. The molecule has 0 spiro atoms. The molecule has 0 unspecified atom stereocenters. The van der Waals surface area contributed by atoms with E-state index in [2.05, 4.69) is 43.0 Å². The van der Waals surface area contributed by atoms with Crippen LogP contribution in [0.25, 0.3) is 11.3 Å². The first-order chi connectivity index (χ1) is 17.6. The van der Waals surface area contributed by atoms with Gasteiger partial charge in [-0.25, -0.2) is 23.7 Å². The molecule has 1 amide bonds. The molecule has 1 N–H and O–H groups in total. The Morgan fingerprint density at radius 2 is 2.08 bits per heavy atom. The Kier molecular flexibility index (Phi) is 5.40. The van der Waals surface area contributed by atoms with E-state index in [4.69, 9.17) is 4.74 Å². The minimum absolute atomic E-state index is 0.0609. The molecule has 4 aromatic heterocycles. The number of hydrogen-bond acceptors (Lipinski definition) is 7. The number of pyridine rings is 1. The fraction of sp³-hybridized carbons (Fsp3) is 0.250. The number of aromatic nitrogens is 8. The lowest BCUT2D eigenvalue weighted by Crippen LogP contribution is -2.25. The van der Waals surface area contributed by atoms with Gasteiger partial charge in [0.25, 0.3) is 5.91 Å². The summed E-state index contributed by atoms with van der Waals surface area (Å²) in [6.07, 6.45) is 10.9. The van der Waals surface area contributed by atoms with E-state index < -0.39 is 11.7 Å². The third kappa shape index (κ3) is 4.17. The number of nitrogens with zero attached hydrogens (tertiary/aromatic N) is 8. The number of hydrogen-bond donors (Lipinski definition) is 1. The van der Waals surface area contributed by atoms with E-state index >= 15 is 4.39 Å². The Hall–Kier alpha value is -4.61. The Morgan fingerprint density at radius 1 is 1.19 bits per heavy atom. The molecule has 1 saturated carbocycles. The second kappa shape index (κ2) is 8.87. The van der Waals surface area contributed by atoms with Crippen molar-refractivity contribution in [3.8, 4) is 11.4 Å². The minimum Gasteiger partial charge on any atom is -0.494 e.